The number of hydrogen-bond acceptors (Lipinski definition) is 5. The number of azo groups is 1. The Kier molecular flexibility index (Phi) is 3.51. The van der Waals surface area contributed by atoms with Crippen LogP contribution < -0.4 is 5.56 Å². The van der Waals surface area contributed by atoms with E-state index in [0.717, 1.165) is 0 Å². The number of aromatic amines is 2. The molecule has 0 fully saturated rings. The molecule has 21 heavy (non-hydrogen) atoms. The first kappa shape index (κ1) is 14.7. The molecule has 0 bridgehead atoms. The molecule has 0 aromatic carbocycles. The van der Waals surface area contributed by atoms with Gasteiger partial charge in [0.1, 0.15) is 11.6 Å². The van der Waals surface area contributed by atoms with Gasteiger partial charge in [-0.15, -0.1) is 10.2 Å². The molecule has 0 radical (unpaired) electrons. The van der Waals surface area contributed by atoms with Crippen LogP contribution in [-0.4, -0.2) is 20.0 Å². The zero-order chi connectivity index (χ0) is 15.8. The minimum Gasteiger partial charge on any atom is -0.298 e. The van der Waals surface area contributed by atoms with E-state index in [0.29, 0.717) is 17.0 Å². The third kappa shape index (κ3) is 2.63. The van der Waals surface area contributed by atoms with Crippen molar-refractivity contribution in [3.8, 4) is 6.07 Å². The number of nitrogens with one attached hydrogen (secondary N) is 2. The van der Waals surface area contributed by atoms with Crippen LogP contribution in [-0.2, 0) is 12.5 Å². The van der Waals surface area contributed by atoms with E-state index in [9.17, 15) is 10.1 Å². The molecule has 8 heteroatoms. The lowest BCUT2D eigenvalue weighted by atomic mass is 9.90. The van der Waals surface area contributed by atoms with E-state index in [-0.39, 0.29) is 22.5 Å². The summed E-state index contributed by atoms with van der Waals surface area (Å²) in [7, 11) is 1.60. The van der Waals surface area contributed by atoms with Crippen LogP contribution in [0.25, 0.3) is 0 Å². The first-order valence-corrected chi connectivity index (χ1v) is 6.42. The molecule has 2 heterocycles. The smallest absolute Gasteiger partial charge is 0.294 e. The van der Waals surface area contributed by atoms with Crippen LogP contribution in [0.15, 0.2) is 15.0 Å². The Morgan fingerprint density at radius 2 is 2.00 bits per heavy atom. The van der Waals surface area contributed by atoms with Crippen LogP contribution in [0, 0.1) is 18.3 Å². The van der Waals surface area contributed by atoms with E-state index >= 15 is 0 Å². The maximum absolute atomic E-state index is 11.8. The summed E-state index contributed by atoms with van der Waals surface area (Å²) in [6.45, 7) is 7.63. The fourth-order valence-corrected chi connectivity index (χ4v) is 1.94. The molecular formula is C13H17N7O. The van der Waals surface area contributed by atoms with Gasteiger partial charge in [-0.05, 0) is 6.92 Å². The van der Waals surface area contributed by atoms with Crippen molar-refractivity contribution in [2.24, 2.45) is 17.3 Å². The monoisotopic (exact) mass is 287 g/mol. The Balaban J connectivity index is 2.46. The molecule has 0 saturated carbocycles. The Bertz CT molecular complexity index is 792. The Labute approximate surface area is 121 Å². The van der Waals surface area contributed by atoms with Gasteiger partial charge < -0.3 is 0 Å². The summed E-state index contributed by atoms with van der Waals surface area (Å²) < 4.78 is 1.32. The molecule has 8 nitrogen and oxygen atoms in total. The lowest BCUT2D eigenvalue weighted by Gasteiger charge is -2.15. The number of aromatic nitrogens is 4. The third-order valence-corrected chi connectivity index (χ3v) is 3.05. The van der Waals surface area contributed by atoms with Gasteiger partial charge >= 0.3 is 0 Å². The SMILES string of the molecule is Cc1[nH]n(C)c(=O)c1N=Nc1n[nH]c(C(C)(C)C)c1C#N. The second-order valence-corrected chi connectivity index (χ2v) is 5.81. The lowest BCUT2D eigenvalue weighted by molar-refractivity contribution is 0.565. The van der Waals surface area contributed by atoms with Crippen LogP contribution >= 0.6 is 0 Å². The average Bonchev–Trinajstić information content (AvgIpc) is 2.90. The summed E-state index contributed by atoms with van der Waals surface area (Å²) in [6, 6.07) is 2.08. The molecule has 0 unspecified atom stereocenters. The molecule has 0 saturated heterocycles. The molecule has 0 spiro atoms. The number of nitrogens with zero attached hydrogens (tertiary/aromatic N) is 5. The van der Waals surface area contributed by atoms with Crippen LogP contribution in [0.1, 0.15) is 37.7 Å². The molecule has 2 rings (SSSR count). The maximum Gasteiger partial charge on any atom is 0.294 e. The quantitative estimate of drug-likeness (QED) is 0.826. The second-order valence-electron chi connectivity index (χ2n) is 5.81. The number of nitriles is 1. The van der Waals surface area contributed by atoms with Crippen molar-refractivity contribution in [3.05, 3.63) is 27.3 Å². The van der Waals surface area contributed by atoms with Crippen molar-refractivity contribution in [2.75, 3.05) is 0 Å². The summed E-state index contributed by atoms with van der Waals surface area (Å²) in [5.41, 5.74) is 1.32. The van der Waals surface area contributed by atoms with Gasteiger partial charge in [0, 0.05) is 12.5 Å². The first-order valence-electron chi connectivity index (χ1n) is 6.42. The first-order chi connectivity index (χ1) is 9.75. The van der Waals surface area contributed by atoms with Gasteiger partial charge in [0.2, 0.25) is 5.82 Å². The Hall–Kier alpha value is -2.69. The number of hydrogen-bond donors (Lipinski definition) is 2. The van der Waals surface area contributed by atoms with E-state index < -0.39 is 0 Å². The third-order valence-electron chi connectivity index (χ3n) is 3.05. The standard InChI is InChI=1S/C13H17N7O/c1-7-9(12(21)20(5)19-7)15-17-11-8(6-14)10(16-18-11)13(2,3)4/h19H,1-5H3,(H,16,18). The van der Waals surface area contributed by atoms with Crippen molar-refractivity contribution in [1.29, 1.82) is 5.26 Å². The van der Waals surface area contributed by atoms with Crippen LogP contribution in [0.4, 0.5) is 11.5 Å². The predicted octanol–water partition coefficient (Wildman–Crippen LogP) is 2.33. The van der Waals surface area contributed by atoms with Crippen molar-refractivity contribution in [3.63, 3.8) is 0 Å². The van der Waals surface area contributed by atoms with Gasteiger partial charge in [-0.3, -0.25) is 19.7 Å². The van der Waals surface area contributed by atoms with Crippen molar-refractivity contribution < 1.29 is 0 Å². The number of rotatable bonds is 2. The van der Waals surface area contributed by atoms with E-state index in [1.165, 1.54) is 4.68 Å². The van der Waals surface area contributed by atoms with Crippen molar-refractivity contribution in [2.45, 2.75) is 33.1 Å². The Morgan fingerprint density at radius 1 is 1.33 bits per heavy atom. The summed E-state index contributed by atoms with van der Waals surface area (Å²) in [4.78, 5) is 11.8. The molecule has 2 aromatic rings. The van der Waals surface area contributed by atoms with Gasteiger partial charge in [-0.2, -0.15) is 10.4 Å². The van der Waals surface area contributed by atoms with E-state index in [4.69, 9.17) is 0 Å². The van der Waals surface area contributed by atoms with Crippen molar-refractivity contribution in [1.82, 2.24) is 20.0 Å². The van der Waals surface area contributed by atoms with Crippen molar-refractivity contribution >= 4 is 11.5 Å². The van der Waals surface area contributed by atoms with Gasteiger partial charge in [0.15, 0.2) is 5.69 Å². The predicted molar refractivity (Wildman–Crippen MR) is 76.9 cm³/mol. The number of H-pyrrole nitrogens is 2. The van der Waals surface area contributed by atoms with E-state index in [1.807, 2.05) is 20.8 Å². The van der Waals surface area contributed by atoms with Gasteiger partial charge in [0.25, 0.3) is 5.56 Å². The van der Waals surface area contributed by atoms with E-state index in [2.05, 4.69) is 31.6 Å². The fourth-order valence-electron chi connectivity index (χ4n) is 1.94. The maximum atomic E-state index is 11.8. The number of aryl methyl sites for hydroxylation is 2. The normalized spacial score (nSPS) is 12.0. The fraction of sp³-hybridized carbons (Fsp3) is 0.462. The summed E-state index contributed by atoms with van der Waals surface area (Å²) in [6.07, 6.45) is 0. The zero-order valence-corrected chi connectivity index (χ0v) is 12.6. The highest BCUT2D eigenvalue weighted by molar-refractivity contribution is 5.52. The molecule has 2 aromatic heterocycles. The largest absolute Gasteiger partial charge is 0.298 e. The highest BCUT2D eigenvalue weighted by atomic mass is 16.1. The molecule has 2 N–H and O–H groups in total. The second kappa shape index (κ2) is 5.01. The lowest BCUT2D eigenvalue weighted by Crippen LogP contribution is -2.13. The van der Waals surface area contributed by atoms with Crippen LogP contribution in [0.3, 0.4) is 0 Å². The highest BCUT2D eigenvalue weighted by Crippen LogP contribution is 2.29. The molecule has 0 aliphatic carbocycles. The topological polar surface area (TPSA) is 115 Å². The minimum atomic E-state index is -0.277. The van der Waals surface area contributed by atoms with Crippen LogP contribution in [0.5, 0.6) is 0 Å². The molecule has 0 atom stereocenters. The van der Waals surface area contributed by atoms with Gasteiger partial charge in [-0.25, -0.2) is 0 Å². The van der Waals surface area contributed by atoms with Gasteiger partial charge in [0.05, 0.1) is 11.4 Å². The Morgan fingerprint density at radius 3 is 2.48 bits per heavy atom. The average molecular weight is 287 g/mol. The van der Waals surface area contributed by atoms with Crippen LogP contribution in [0.2, 0.25) is 0 Å². The zero-order valence-electron chi connectivity index (χ0n) is 12.6. The van der Waals surface area contributed by atoms with Gasteiger partial charge in [-0.1, -0.05) is 20.8 Å². The molecule has 0 amide bonds. The summed E-state index contributed by atoms with van der Waals surface area (Å²) in [5.74, 6) is 0.185. The summed E-state index contributed by atoms with van der Waals surface area (Å²) >= 11 is 0. The van der Waals surface area contributed by atoms with E-state index in [1.54, 1.807) is 14.0 Å². The molecule has 0 aliphatic heterocycles. The molecule has 110 valence electrons. The highest BCUT2D eigenvalue weighted by Gasteiger charge is 2.24. The summed E-state index contributed by atoms with van der Waals surface area (Å²) in [5, 5.41) is 26.8. The molecule has 0 aliphatic rings. The minimum absolute atomic E-state index is 0.185. The molecular weight excluding hydrogens is 270 g/mol.